The molecule has 1 unspecified atom stereocenters. The molecule has 4 rings (SSSR count). The monoisotopic (exact) mass is 336 g/mol. The van der Waals surface area contributed by atoms with Gasteiger partial charge in [0.15, 0.2) is 0 Å². The Kier molecular flexibility index (Phi) is 4.35. The van der Waals surface area contributed by atoms with Crippen molar-refractivity contribution in [3.63, 3.8) is 0 Å². The van der Waals surface area contributed by atoms with Gasteiger partial charge in [0.25, 0.3) is 0 Å². The molecule has 0 amide bonds. The van der Waals surface area contributed by atoms with Gasteiger partial charge in [-0.2, -0.15) is 4.98 Å². The highest BCUT2D eigenvalue weighted by molar-refractivity contribution is 5.58. The van der Waals surface area contributed by atoms with Gasteiger partial charge in [-0.3, -0.25) is 0 Å². The Labute approximate surface area is 146 Å². The Hall–Kier alpha value is -2.86. The minimum atomic E-state index is 0.402. The molecule has 6 nitrogen and oxygen atoms in total. The molecule has 1 atom stereocenters. The van der Waals surface area contributed by atoms with Gasteiger partial charge < -0.3 is 14.8 Å². The van der Waals surface area contributed by atoms with Gasteiger partial charge in [-0.1, -0.05) is 24.3 Å². The summed E-state index contributed by atoms with van der Waals surface area (Å²) in [4.78, 5) is 4.32. The van der Waals surface area contributed by atoms with E-state index in [-0.39, 0.29) is 0 Å². The molecule has 1 aliphatic heterocycles. The lowest BCUT2D eigenvalue weighted by atomic mass is 9.97. The number of methoxy groups -OCH3 is 1. The van der Waals surface area contributed by atoms with E-state index in [1.54, 1.807) is 18.1 Å². The fourth-order valence-electron chi connectivity index (χ4n) is 3.06. The van der Waals surface area contributed by atoms with E-state index in [1.165, 1.54) is 5.56 Å². The maximum Gasteiger partial charge on any atom is 0.246 e. The first kappa shape index (κ1) is 15.7. The lowest BCUT2D eigenvalue weighted by Gasteiger charge is -2.14. The van der Waals surface area contributed by atoms with Gasteiger partial charge in [0, 0.05) is 24.3 Å². The lowest BCUT2D eigenvalue weighted by molar-refractivity contribution is 0.193. The molecule has 3 aromatic rings. The largest absolute Gasteiger partial charge is 0.496 e. The van der Waals surface area contributed by atoms with Gasteiger partial charge in [0.1, 0.15) is 12.1 Å². The number of anilines is 2. The van der Waals surface area contributed by atoms with Crippen LogP contribution in [0.4, 0.5) is 11.6 Å². The highest BCUT2D eigenvalue weighted by Crippen LogP contribution is 2.34. The second-order valence-corrected chi connectivity index (χ2v) is 5.99. The summed E-state index contributed by atoms with van der Waals surface area (Å²) in [6, 6.07) is 16.0. The number of rotatable bonds is 5. The standard InChI is InChI=1S/C19H20N4O2/c1-24-18-11-15(7-8-17(18)14-9-10-25-12-14)21-19-20-13-23(22-19)16-5-3-2-4-6-16/h2-8,11,13-14H,9-10,12H2,1H3,(H,21,22). The molecular formula is C19H20N4O2. The van der Waals surface area contributed by atoms with Gasteiger partial charge in [0.05, 0.1) is 19.4 Å². The van der Waals surface area contributed by atoms with Crippen LogP contribution in [-0.4, -0.2) is 35.1 Å². The van der Waals surface area contributed by atoms with Crippen LogP contribution in [0.1, 0.15) is 17.9 Å². The number of benzene rings is 2. The van der Waals surface area contributed by atoms with Crippen LogP contribution in [0.2, 0.25) is 0 Å². The Balaban J connectivity index is 1.54. The first-order chi connectivity index (χ1) is 12.3. The Morgan fingerprint density at radius 3 is 2.84 bits per heavy atom. The van der Waals surface area contributed by atoms with Crippen molar-refractivity contribution in [3.8, 4) is 11.4 Å². The molecule has 2 heterocycles. The molecule has 1 aliphatic rings. The molecule has 0 spiro atoms. The van der Waals surface area contributed by atoms with Gasteiger partial charge >= 0.3 is 0 Å². The molecule has 0 radical (unpaired) electrons. The molecule has 0 saturated carbocycles. The molecule has 2 aromatic carbocycles. The second-order valence-electron chi connectivity index (χ2n) is 5.99. The van der Waals surface area contributed by atoms with Crippen molar-refractivity contribution in [2.24, 2.45) is 0 Å². The SMILES string of the molecule is COc1cc(Nc2ncn(-c3ccccc3)n2)ccc1C1CCOC1. The highest BCUT2D eigenvalue weighted by atomic mass is 16.5. The lowest BCUT2D eigenvalue weighted by Crippen LogP contribution is -2.02. The number of nitrogens with one attached hydrogen (secondary N) is 1. The Bertz CT molecular complexity index is 842. The van der Waals surface area contributed by atoms with Crippen molar-refractivity contribution in [3.05, 3.63) is 60.4 Å². The smallest absolute Gasteiger partial charge is 0.246 e. The summed E-state index contributed by atoms with van der Waals surface area (Å²) in [6.45, 7) is 1.57. The average Bonchev–Trinajstić information content (AvgIpc) is 3.34. The third kappa shape index (κ3) is 3.34. The van der Waals surface area contributed by atoms with Crippen LogP contribution in [-0.2, 0) is 4.74 Å². The summed E-state index contributed by atoms with van der Waals surface area (Å²) in [5.74, 6) is 1.81. The minimum absolute atomic E-state index is 0.402. The zero-order chi connectivity index (χ0) is 17.1. The number of hydrogen-bond donors (Lipinski definition) is 1. The summed E-state index contributed by atoms with van der Waals surface area (Å²) in [6.07, 6.45) is 2.73. The minimum Gasteiger partial charge on any atom is -0.496 e. The predicted molar refractivity (Wildman–Crippen MR) is 95.8 cm³/mol. The van der Waals surface area contributed by atoms with Crippen molar-refractivity contribution < 1.29 is 9.47 Å². The van der Waals surface area contributed by atoms with Gasteiger partial charge in [0.2, 0.25) is 5.95 Å². The molecule has 1 aromatic heterocycles. The number of ether oxygens (including phenoxy) is 2. The maximum absolute atomic E-state index is 5.57. The predicted octanol–water partition coefficient (Wildman–Crippen LogP) is 3.52. The third-order valence-electron chi connectivity index (χ3n) is 4.37. The first-order valence-corrected chi connectivity index (χ1v) is 8.33. The van der Waals surface area contributed by atoms with Gasteiger partial charge in [-0.05, 0) is 30.2 Å². The number of aromatic nitrogens is 3. The summed E-state index contributed by atoms with van der Waals surface area (Å²) >= 11 is 0. The van der Waals surface area contributed by atoms with Crippen molar-refractivity contribution in [1.82, 2.24) is 14.8 Å². The average molecular weight is 336 g/mol. The molecule has 25 heavy (non-hydrogen) atoms. The topological polar surface area (TPSA) is 61.2 Å². The van der Waals surface area contributed by atoms with Crippen LogP contribution < -0.4 is 10.1 Å². The van der Waals surface area contributed by atoms with E-state index in [0.29, 0.717) is 11.9 Å². The zero-order valence-electron chi connectivity index (χ0n) is 14.1. The zero-order valence-corrected chi connectivity index (χ0v) is 14.1. The van der Waals surface area contributed by atoms with Crippen LogP contribution in [0.25, 0.3) is 5.69 Å². The quantitative estimate of drug-likeness (QED) is 0.772. The van der Waals surface area contributed by atoms with Crippen molar-refractivity contribution in [1.29, 1.82) is 0 Å². The molecular weight excluding hydrogens is 316 g/mol. The summed E-state index contributed by atoms with van der Waals surface area (Å²) in [5.41, 5.74) is 3.05. The molecule has 0 bridgehead atoms. The van der Waals surface area contributed by atoms with E-state index >= 15 is 0 Å². The van der Waals surface area contributed by atoms with E-state index in [1.807, 2.05) is 42.5 Å². The van der Waals surface area contributed by atoms with E-state index < -0.39 is 0 Å². The van der Waals surface area contributed by atoms with E-state index in [9.17, 15) is 0 Å². The van der Waals surface area contributed by atoms with Crippen LogP contribution in [0.5, 0.6) is 5.75 Å². The first-order valence-electron chi connectivity index (χ1n) is 8.33. The molecule has 6 heteroatoms. The van der Waals surface area contributed by atoms with Crippen LogP contribution in [0.3, 0.4) is 0 Å². The highest BCUT2D eigenvalue weighted by Gasteiger charge is 2.21. The molecule has 1 saturated heterocycles. The summed E-state index contributed by atoms with van der Waals surface area (Å²) < 4.78 is 12.8. The van der Waals surface area contributed by atoms with Crippen molar-refractivity contribution in [2.75, 3.05) is 25.6 Å². The van der Waals surface area contributed by atoms with Crippen LogP contribution in [0, 0.1) is 0 Å². The Morgan fingerprint density at radius 2 is 2.08 bits per heavy atom. The van der Waals surface area contributed by atoms with Gasteiger partial charge in [-0.15, -0.1) is 5.10 Å². The number of hydrogen-bond acceptors (Lipinski definition) is 5. The van der Waals surface area contributed by atoms with E-state index in [2.05, 4.69) is 21.5 Å². The van der Waals surface area contributed by atoms with Crippen molar-refractivity contribution >= 4 is 11.6 Å². The Morgan fingerprint density at radius 1 is 1.20 bits per heavy atom. The summed E-state index contributed by atoms with van der Waals surface area (Å²) in [7, 11) is 1.70. The van der Waals surface area contributed by atoms with Crippen LogP contribution >= 0.6 is 0 Å². The fraction of sp³-hybridized carbons (Fsp3) is 0.263. The maximum atomic E-state index is 5.57. The summed E-state index contributed by atoms with van der Waals surface area (Å²) in [5, 5.41) is 7.70. The molecule has 1 N–H and O–H groups in total. The number of para-hydroxylation sites is 1. The van der Waals surface area contributed by atoms with Crippen molar-refractivity contribution in [2.45, 2.75) is 12.3 Å². The normalized spacial score (nSPS) is 16.8. The number of nitrogens with zero attached hydrogens (tertiary/aromatic N) is 3. The van der Waals surface area contributed by atoms with Gasteiger partial charge in [-0.25, -0.2) is 4.68 Å². The second kappa shape index (κ2) is 6.94. The molecule has 1 fully saturated rings. The molecule has 0 aliphatic carbocycles. The fourth-order valence-corrected chi connectivity index (χ4v) is 3.06. The van der Waals surface area contributed by atoms with E-state index in [4.69, 9.17) is 9.47 Å². The van der Waals surface area contributed by atoms with Crippen LogP contribution in [0.15, 0.2) is 54.9 Å². The third-order valence-corrected chi connectivity index (χ3v) is 4.37. The van der Waals surface area contributed by atoms with E-state index in [0.717, 1.165) is 36.8 Å². The molecule has 128 valence electrons.